The van der Waals surface area contributed by atoms with Gasteiger partial charge < -0.3 is 21.1 Å². The molecule has 144 valence electrons. The summed E-state index contributed by atoms with van der Waals surface area (Å²) in [5.41, 5.74) is 8.46. The molecular weight excluding hydrogens is 360 g/mol. The zero-order valence-electron chi connectivity index (χ0n) is 15.2. The van der Waals surface area contributed by atoms with Crippen LogP contribution in [0.2, 0.25) is 0 Å². The largest absolute Gasteiger partial charge is 0.503 e. The molecule has 3 aromatic rings. The molecule has 4 rings (SSSR count). The zero-order valence-corrected chi connectivity index (χ0v) is 15.2. The van der Waals surface area contributed by atoms with E-state index < -0.39 is 17.4 Å². The number of halogens is 2. The Balaban J connectivity index is 1.47. The van der Waals surface area contributed by atoms with Gasteiger partial charge in [-0.15, -0.1) is 0 Å². The molecule has 1 aliphatic rings. The second-order valence-electron chi connectivity index (χ2n) is 7.00. The summed E-state index contributed by atoms with van der Waals surface area (Å²) in [5.74, 6) is -2.72. The number of phenols is 1. The van der Waals surface area contributed by atoms with Gasteiger partial charge in [0, 0.05) is 36.4 Å². The Morgan fingerprint density at radius 3 is 2.46 bits per heavy atom. The molecule has 0 bridgehead atoms. The summed E-state index contributed by atoms with van der Waals surface area (Å²) in [6, 6.07) is 18.9. The van der Waals surface area contributed by atoms with Crippen LogP contribution in [0, 0.1) is 11.6 Å². The Hall–Kier alpha value is -3.28. The highest BCUT2D eigenvalue weighted by atomic mass is 19.1. The standard InChI is InChI=1S/C22H21F2N3O/c23-18-12-19(25)21(20(24)22(18)28)26-16-6-8-17(9-7-16)27-11-10-15(13-27)14-4-2-1-3-5-14/h1-9,12,15,26,28H,10-11,13,25H2. The van der Waals surface area contributed by atoms with E-state index in [4.69, 9.17) is 5.73 Å². The van der Waals surface area contributed by atoms with Crippen LogP contribution in [0.5, 0.6) is 5.75 Å². The third-order valence-corrected chi connectivity index (χ3v) is 5.19. The first-order valence-corrected chi connectivity index (χ1v) is 9.16. The number of hydrogen-bond donors (Lipinski definition) is 3. The number of rotatable bonds is 4. The van der Waals surface area contributed by atoms with Gasteiger partial charge in [-0.2, -0.15) is 0 Å². The normalized spacial score (nSPS) is 16.4. The fourth-order valence-electron chi connectivity index (χ4n) is 3.65. The number of nitrogens with zero attached hydrogens (tertiary/aromatic N) is 1. The minimum Gasteiger partial charge on any atom is -0.503 e. The summed E-state index contributed by atoms with van der Waals surface area (Å²) in [5, 5.41) is 12.3. The van der Waals surface area contributed by atoms with Crippen molar-refractivity contribution in [2.45, 2.75) is 12.3 Å². The van der Waals surface area contributed by atoms with Crippen molar-refractivity contribution in [1.29, 1.82) is 0 Å². The minimum atomic E-state index is -1.10. The molecule has 3 aromatic carbocycles. The molecule has 1 saturated heterocycles. The number of nitrogens with two attached hydrogens (primary N) is 1. The molecule has 1 unspecified atom stereocenters. The van der Waals surface area contributed by atoms with Gasteiger partial charge in [-0.1, -0.05) is 30.3 Å². The lowest BCUT2D eigenvalue weighted by Crippen LogP contribution is -2.19. The van der Waals surface area contributed by atoms with Crippen LogP contribution in [-0.4, -0.2) is 18.2 Å². The number of nitrogens with one attached hydrogen (secondary N) is 1. The van der Waals surface area contributed by atoms with Gasteiger partial charge in [0.1, 0.15) is 5.69 Å². The van der Waals surface area contributed by atoms with Crippen molar-refractivity contribution in [3.05, 3.63) is 77.9 Å². The predicted octanol–water partition coefficient (Wildman–Crippen LogP) is 4.99. The fraction of sp³-hybridized carbons (Fsp3) is 0.182. The van der Waals surface area contributed by atoms with Crippen LogP contribution in [-0.2, 0) is 0 Å². The van der Waals surface area contributed by atoms with Gasteiger partial charge in [-0.25, -0.2) is 8.78 Å². The van der Waals surface area contributed by atoms with Crippen molar-refractivity contribution in [2.24, 2.45) is 0 Å². The van der Waals surface area contributed by atoms with Crippen LogP contribution in [0.4, 0.5) is 31.5 Å². The maximum atomic E-state index is 14.1. The average molecular weight is 381 g/mol. The Bertz CT molecular complexity index is 977. The molecule has 28 heavy (non-hydrogen) atoms. The Morgan fingerprint density at radius 1 is 1.04 bits per heavy atom. The van der Waals surface area contributed by atoms with Crippen molar-refractivity contribution < 1.29 is 13.9 Å². The molecule has 1 aliphatic heterocycles. The van der Waals surface area contributed by atoms with Crippen LogP contribution in [0.3, 0.4) is 0 Å². The molecule has 0 amide bonds. The van der Waals surface area contributed by atoms with Gasteiger partial charge in [0.05, 0.1) is 5.69 Å². The fourth-order valence-corrected chi connectivity index (χ4v) is 3.65. The van der Waals surface area contributed by atoms with E-state index in [1.54, 1.807) is 0 Å². The first kappa shape index (κ1) is 18.1. The van der Waals surface area contributed by atoms with Crippen molar-refractivity contribution in [3.63, 3.8) is 0 Å². The zero-order chi connectivity index (χ0) is 19.7. The summed E-state index contributed by atoms with van der Waals surface area (Å²) < 4.78 is 27.4. The Kier molecular flexibility index (Phi) is 4.77. The van der Waals surface area contributed by atoms with Crippen molar-refractivity contribution >= 4 is 22.7 Å². The van der Waals surface area contributed by atoms with E-state index in [1.807, 2.05) is 30.3 Å². The molecule has 0 spiro atoms. The summed E-state index contributed by atoms with van der Waals surface area (Å²) >= 11 is 0. The quantitative estimate of drug-likeness (QED) is 0.440. The molecule has 0 aromatic heterocycles. The lowest BCUT2D eigenvalue weighted by molar-refractivity contribution is 0.398. The molecule has 4 N–H and O–H groups in total. The van der Waals surface area contributed by atoms with Gasteiger partial charge in [0.2, 0.25) is 0 Å². The summed E-state index contributed by atoms with van der Waals surface area (Å²) in [6.07, 6.45) is 1.10. The lowest BCUT2D eigenvalue weighted by Gasteiger charge is -2.20. The Labute approximate surface area is 162 Å². The highest BCUT2D eigenvalue weighted by Gasteiger charge is 2.24. The predicted molar refractivity (Wildman–Crippen MR) is 108 cm³/mol. The van der Waals surface area contributed by atoms with Crippen LogP contribution in [0.1, 0.15) is 17.9 Å². The first-order valence-electron chi connectivity index (χ1n) is 9.16. The third kappa shape index (κ3) is 3.45. The van der Waals surface area contributed by atoms with Gasteiger partial charge in [-0.05, 0) is 36.2 Å². The number of anilines is 4. The molecule has 6 heteroatoms. The number of hydrogen-bond acceptors (Lipinski definition) is 4. The summed E-state index contributed by atoms with van der Waals surface area (Å²) in [6.45, 7) is 1.92. The van der Waals surface area contributed by atoms with Gasteiger partial charge in [-0.3, -0.25) is 0 Å². The van der Waals surface area contributed by atoms with Gasteiger partial charge in [0.25, 0.3) is 0 Å². The summed E-state index contributed by atoms with van der Waals surface area (Å²) in [7, 11) is 0. The van der Waals surface area contributed by atoms with Crippen molar-refractivity contribution in [1.82, 2.24) is 0 Å². The van der Waals surface area contributed by atoms with Gasteiger partial charge in [0.15, 0.2) is 17.4 Å². The molecule has 4 nitrogen and oxygen atoms in total. The first-order chi connectivity index (χ1) is 13.5. The highest BCUT2D eigenvalue weighted by molar-refractivity contribution is 5.75. The van der Waals surface area contributed by atoms with Crippen molar-refractivity contribution in [2.75, 3.05) is 29.0 Å². The maximum absolute atomic E-state index is 14.1. The highest BCUT2D eigenvalue weighted by Crippen LogP contribution is 2.35. The van der Waals surface area contributed by atoms with E-state index >= 15 is 0 Å². The van der Waals surface area contributed by atoms with E-state index in [0.717, 1.165) is 31.3 Å². The van der Waals surface area contributed by atoms with E-state index in [1.165, 1.54) is 5.56 Å². The summed E-state index contributed by atoms with van der Waals surface area (Å²) in [4.78, 5) is 2.32. The van der Waals surface area contributed by atoms with Crippen molar-refractivity contribution in [3.8, 4) is 5.75 Å². The second-order valence-corrected chi connectivity index (χ2v) is 7.00. The topological polar surface area (TPSA) is 61.5 Å². The van der Waals surface area contributed by atoms with Crippen LogP contribution >= 0.6 is 0 Å². The number of nitrogen functional groups attached to an aromatic ring is 1. The molecule has 0 aliphatic carbocycles. The molecule has 1 fully saturated rings. The van der Waals surface area contributed by atoms with E-state index in [2.05, 4.69) is 34.5 Å². The smallest absolute Gasteiger partial charge is 0.193 e. The van der Waals surface area contributed by atoms with Crippen LogP contribution in [0.15, 0.2) is 60.7 Å². The maximum Gasteiger partial charge on any atom is 0.193 e. The number of phenolic OH excluding ortho intramolecular Hbond substituents is 1. The molecule has 0 saturated carbocycles. The van der Waals surface area contributed by atoms with E-state index in [9.17, 15) is 13.9 Å². The monoisotopic (exact) mass is 381 g/mol. The minimum absolute atomic E-state index is 0.109. The second kappa shape index (κ2) is 7.38. The lowest BCUT2D eigenvalue weighted by atomic mass is 9.99. The molecule has 0 radical (unpaired) electrons. The number of aromatic hydroxyl groups is 1. The van der Waals surface area contributed by atoms with Crippen LogP contribution < -0.4 is 16.0 Å². The molecule has 1 atom stereocenters. The Morgan fingerprint density at radius 2 is 1.75 bits per heavy atom. The molecular formula is C22H21F2N3O. The number of benzene rings is 3. The van der Waals surface area contributed by atoms with Crippen LogP contribution in [0.25, 0.3) is 0 Å². The van der Waals surface area contributed by atoms with E-state index in [0.29, 0.717) is 11.6 Å². The third-order valence-electron chi connectivity index (χ3n) is 5.19. The van der Waals surface area contributed by atoms with E-state index in [-0.39, 0.29) is 11.4 Å². The van der Waals surface area contributed by atoms with Gasteiger partial charge >= 0.3 is 0 Å². The SMILES string of the molecule is Nc1cc(F)c(O)c(F)c1Nc1ccc(N2CCC(c3ccccc3)C2)cc1. The average Bonchev–Trinajstić information content (AvgIpc) is 3.21. The molecule has 1 heterocycles.